The molecule has 0 spiro atoms. The van der Waals surface area contributed by atoms with E-state index in [9.17, 15) is 19.2 Å². The molecule has 2 aromatic carbocycles. The van der Waals surface area contributed by atoms with Crippen molar-refractivity contribution in [2.75, 3.05) is 16.0 Å². The average Bonchev–Trinajstić information content (AvgIpc) is 2.76. The Hall–Kier alpha value is -3.68. The molecular weight excluding hydrogens is 360 g/mol. The molecule has 8 nitrogen and oxygen atoms in total. The number of nitrogens with one attached hydrogen (secondary N) is 4. The van der Waals surface area contributed by atoms with E-state index in [-0.39, 0.29) is 36.5 Å². The summed E-state index contributed by atoms with van der Waals surface area (Å²) in [5.41, 5.74) is 1.93. The maximum absolute atomic E-state index is 12.3. The Kier molecular flexibility index (Phi) is 5.69. The summed E-state index contributed by atoms with van der Waals surface area (Å²) in [4.78, 5) is 48.0. The van der Waals surface area contributed by atoms with Crippen LogP contribution in [0.3, 0.4) is 0 Å². The van der Waals surface area contributed by atoms with E-state index in [0.29, 0.717) is 22.6 Å². The first kappa shape index (κ1) is 19.1. The van der Waals surface area contributed by atoms with Gasteiger partial charge in [-0.05, 0) is 36.8 Å². The van der Waals surface area contributed by atoms with Gasteiger partial charge >= 0.3 is 0 Å². The number of benzene rings is 2. The minimum atomic E-state index is -0.809. The van der Waals surface area contributed by atoms with E-state index in [4.69, 9.17) is 0 Å². The first-order valence-electron chi connectivity index (χ1n) is 8.80. The predicted octanol–water partition coefficient (Wildman–Crippen LogP) is 2.11. The summed E-state index contributed by atoms with van der Waals surface area (Å²) in [5.74, 6) is -1.23. The van der Waals surface area contributed by atoms with Gasteiger partial charge in [0.05, 0.1) is 11.3 Å². The Labute approximate surface area is 161 Å². The number of carbonyl (C=O) groups is 4. The normalized spacial score (nSPS) is 15.5. The molecule has 3 rings (SSSR count). The van der Waals surface area contributed by atoms with Gasteiger partial charge in [0.1, 0.15) is 6.04 Å². The SMILES string of the molecule is CC(=O)Nc1cccc(NC(=O)CCC2NC(=O)c3ccccc3NC2=O)c1. The molecule has 144 valence electrons. The van der Waals surface area contributed by atoms with Crippen LogP contribution in [-0.2, 0) is 14.4 Å². The molecule has 28 heavy (non-hydrogen) atoms. The number of rotatable bonds is 5. The number of hydrogen-bond donors (Lipinski definition) is 4. The summed E-state index contributed by atoms with van der Waals surface area (Å²) < 4.78 is 0. The van der Waals surface area contributed by atoms with Gasteiger partial charge < -0.3 is 21.3 Å². The third kappa shape index (κ3) is 4.73. The molecule has 4 amide bonds. The Morgan fingerprint density at radius 2 is 1.71 bits per heavy atom. The summed E-state index contributed by atoms with van der Waals surface area (Å²) in [6.45, 7) is 1.40. The lowest BCUT2D eigenvalue weighted by molar-refractivity contribution is -0.119. The molecule has 2 aromatic rings. The number of amides is 4. The zero-order valence-electron chi connectivity index (χ0n) is 15.2. The maximum Gasteiger partial charge on any atom is 0.254 e. The van der Waals surface area contributed by atoms with Crippen LogP contribution in [-0.4, -0.2) is 29.7 Å². The van der Waals surface area contributed by atoms with Crippen LogP contribution in [0.15, 0.2) is 48.5 Å². The van der Waals surface area contributed by atoms with Crippen molar-refractivity contribution in [3.63, 3.8) is 0 Å². The fourth-order valence-corrected chi connectivity index (χ4v) is 2.89. The highest BCUT2D eigenvalue weighted by atomic mass is 16.2. The first-order chi connectivity index (χ1) is 13.4. The molecule has 8 heteroatoms. The van der Waals surface area contributed by atoms with Crippen molar-refractivity contribution in [2.24, 2.45) is 0 Å². The van der Waals surface area contributed by atoms with Crippen LogP contribution >= 0.6 is 0 Å². The molecule has 0 fully saturated rings. The topological polar surface area (TPSA) is 116 Å². The molecule has 0 saturated heterocycles. The Morgan fingerprint density at radius 1 is 1.00 bits per heavy atom. The van der Waals surface area contributed by atoms with Gasteiger partial charge in [-0.15, -0.1) is 0 Å². The van der Waals surface area contributed by atoms with Gasteiger partial charge in [-0.2, -0.15) is 0 Å². The lowest BCUT2D eigenvalue weighted by Crippen LogP contribution is -2.41. The van der Waals surface area contributed by atoms with Crippen molar-refractivity contribution in [3.8, 4) is 0 Å². The van der Waals surface area contributed by atoms with Crippen molar-refractivity contribution in [3.05, 3.63) is 54.1 Å². The van der Waals surface area contributed by atoms with E-state index in [2.05, 4.69) is 21.3 Å². The van der Waals surface area contributed by atoms with Crippen molar-refractivity contribution in [1.29, 1.82) is 0 Å². The van der Waals surface area contributed by atoms with Crippen molar-refractivity contribution >= 4 is 40.7 Å². The number of carbonyl (C=O) groups excluding carboxylic acids is 4. The number of fused-ring (bicyclic) bond motifs is 1. The van der Waals surface area contributed by atoms with Crippen LogP contribution in [0.1, 0.15) is 30.1 Å². The summed E-state index contributed by atoms with van der Waals surface area (Å²) in [6, 6.07) is 12.7. The minimum Gasteiger partial charge on any atom is -0.340 e. The van der Waals surface area contributed by atoms with Crippen LogP contribution in [0.25, 0.3) is 0 Å². The lowest BCUT2D eigenvalue weighted by atomic mass is 10.1. The molecule has 0 radical (unpaired) electrons. The molecule has 1 unspecified atom stereocenters. The summed E-state index contributed by atoms with van der Waals surface area (Å²) >= 11 is 0. The largest absolute Gasteiger partial charge is 0.340 e. The van der Waals surface area contributed by atoms with Crippen LogP contribution in [0.4, 0.5) is 17.1 Å². The van der Waals surface area contributed by atoms with E-state index in [1.54, 1.807) is 48.5 Å². The molecule has 1 heterocycles. The Bertz CT molecular complexity index is 941. The molecule has 0 bridgehead atoms. The van der Waals surface area contributed by atoms with Crippen LogP contribution in [0, 0.1) is 0 Å². The second-order valence-corrected chi connectivity index (χ2v) is 6.41. The zero-order valence-corrected chi connectivity index (χ0v) is 15.2. The van der Waals surface area contributed by atoms with Gasteiger partial charge in [-0.25, -0.2) is 0 Å². The van der Waals surface area contributed by atoms with Crippen LogP contribution in [0.5, 0.6) is 0 Å². The molecule has 4 N–H and O–H groups in total. The second-order valence-electron chi connectivity index (χ2n) is 6.41. The number of hydrogen-bond acceptors (Lipinski definition) is 4. The van der Waals surface area contributed by atoms with Gasteiger partial charge in [0, 0.05) is 24.7 Å². The average molecular weight is 380 g/mol. The molecule has 1 atom stereocenters. The highest BCUT2D eigenvalue weighted by Gasteiger charge is 2.27. The molecule has 1 aliphatic heterocycles. The van der Waals surface area contributed by atoms with Crippen molar-refractivity contribution in [2.45, 2.75) is 25.8 Å². The fraction of sp³-hybridized carbons (Fsp3) is 0.200. The fourth-order valence-electron chi connectivity index (χ4n) is 2.89. The smallest absolute Gasteiger partial charge is 0.254 e. The molecule has 0 aromatic heterocycles. The van der Waals surface area contributed by atoms with Gasteiger partial charge in [-0.3, -0.25) is 19.2 Å². The molecule has 0 saturated carbocycles. The van der Waals surface area contributed by atoms with Gasteiger partial charge in [0.15, 0.2) is 0 Å². The third-order valence-corrected chi connectivity index (χ3v) is 4.18. The van der Waals surface area contributed by atoms with Gasteiger partial charge in [-0.1, -0.05) is 18.2 Å². The highest BCUT2D eigenvalue weighted by Crippen LogP contribution is 2.20. The van der Waals surface area contributed by atoms with E-state index in [1.165, 1.54) is 6.92 Å². The summed E-state index contributed by atoms with van der Waals surface area (Å²) in [7, 11) is 0. The summed E-state index contributed by atoms with van der Waals surface area (Å²) in [5, 5.41) is 10.7. The van der Waals surface area contributed by atoms with E-state index in [1.807, 2.05) is 0 Å². The Balaban J connectivity index is 1.58. The van der Waals surface area contributed by atoms with Gasteiger partial charge in [0.25, 0.3) is 5.91 Å². The van der Waals surface area contributed by atoms with Crippen molar-refractivity contribution < 1.29 is 19.2 Å². The van der Waals surface area contributed by atoms with E-state index < -0.39 is 6.04 Å². The second kappa shape index (κ2) is 8.34. The molecule has 1 aliphatic rings. The molecule has 0 aliphatic carbocycles. The third-order valence-electron chi connectivity index (χ3n) is 4.18. The quantitative estimate of drug-likeness (QED) is 0.636. The maximum atomic E-state index is 12.3. The highest BCUT2D eigenvalue weighted by molar-refractivity contribution is 6.10. The molecular formula is C20H20N4O4. The van der Waals surface area contributed by atoms with Gasteiger partial charge in [0.2, 0.25) is 17.7 Å². The van der Waals surface area contributed by atoms with Crippen LogP contribution in [0.2, 0.25) is 0 Å². The van der Waals surface area contributed by atoms with Crippen molar-refractivity contribution in [1.82, 2.24) is 5.32 Å². The zero-order chi connectivity index (χ0) is 20.1. The van der Waals surface area contributed by atoms with E-state index in [0.717, 1.165) is 0 Å². The van der Waals surface area contributed by atoms with E-state index >= 15 is 0 Å². The standard InChI is InChI=1S/C20H20N4O4/c1-12(25)21-13-5-4-6-14(11-13)22-18(26)10-9-17-20(28)23-16-8-3-2-7-15(16)19(27)24-17/h2-8,11,17H,9-10H2,1H3,(H,21,25)(H,22,26)(H,23,28)(H,24,27). The van der Waals surface area contributed by atoms with Crippen LogP contribution < -0.4 is 21.3 Å². The first-order valence-corrected chi connectivity index (χ1v) is 8.80. The summed E-state index contributed by atoms with van der Waals surface area (Å²) in [6.07, 6.45) is 0.196. The number of anilines is 3. The lowest BCUT2D eigenvalue weighted by Gasteiger charge is -2.14. The monoisotopic (exact) mass is 380 g/mol. The minimum absolute atomic E-state index is 0.0408. The number of para-hydroxylation sites is 1. The Morgan fingerprint density at radius 3 is 2.46 bits per heavy atom. The predicted molar refractivity (Wildman–Crippen MR) is 105 cm³/mol.